The van der Waals surface area contributed by atoms with Gasteiger partial charge < -0.3 is 14.5 Å². The van der Waals surface area contributed by atoms with Gasteiger partial charge in [0.15, 0.2) is 0 Å². The summed E-state index contributed by atoms with van der Waals surface area (Å²) in [6.45, 7) is 1.72. The number of methoxy groups -OCH3 is 2. The molecule has 0 aliphatic heterocycles. The lowest BCUT2D eigenvalue weighted by atomic mass is 10.2. The van der Waals surface area contributed by atoms with Crippen molar-refractivity contribution in [2.24, 2.45) is 0 Å². The van der Waals surface area contributed by atoms with Gasteiger partial charge in [-0.15, -0.1) is 0 Å². The number of aromatic amines is 1. The van der Waals surface area contributed by atoms with Crippen LogP contribution < -0.4 is 15.0 Å². The molecule has 1 aromatic carbocycles. The van der Waals surface area contributed by atoms with Crippen molar-refractivity contribution >= 4 is 10.9 Å². The van der Waals surface area contributed by atoms with Crippen LogP contribution in [-0.4, -0.2) is 24.2 Å². The van der Waals surface area contributed by atoms with Crippen LogP contribution in [0.3, 0.4) is 0 Å². The van der Waals surface area contributed by atoms with Crippen molar-refractivity contribution in [3.63, 3.8) is 0 Å². The third-order valence-electron chi connectivity index (χ3n) is 2.34. The first-order chi connectivity index (χ1) is 7.67. The summed E-state index contributed by atoms with van der Waals surface area (Å²) < 4.78 is 10.3. The van der Waals surface area contributed by atoms with Crippen LogP contribution in [-0.2, 0) is 0 Å². The van der Waals surface area contributed by atoms with Crippen LogP contribution in [0.5, 0.6) is 11.5 Å². The van der Waals surface area contributed by atoms with E-state index in [-0.39, 0.29) is 5.56 Å². The molecule has 2 rings (SSSR count). The van der Waals surface area contributed by atoms with E-state index in [1.165, 1.54) is 7.11 Å². The first kappa shape index (κ1) is 10.5. The van der Waals surface area contributed by atoms with Crippen molar-refractivity contribution in [2.75, 3.05) is 14.2 Å². The molecule has 1 heterocycles. The van der Waals surface area contributed by atoms with Gasteiger partial charge in [-0.25, -0.2) is 4.98 Å². The van der Waals surface area contributed by atoms with E-state index >= 15 is 0 Å². The van der Waals surface area contributed by atoms with Crippen molar-refractivity contribution in [3.8, 4) is 11.5 Å². The predicted octanol–water partition coefficient (Wildman–Crippen LogP) is 1.25. The molecule has 84 valence electrons. The molecule has 0 atom stereocenters. The number of rotatable bonds is 2. The maximum absolute atomic E-state index is 11.8. The normalized spacial score (nSPS) is 10.4. The topological polar surface area (TPSA) is 64.2 Å². The van der Waals surface area contributed by atoms with Crippen molar-refractivity contribution in [3.05, 3.63) is 28.3 Å². The number of aromatic nitrogens is 2. The highest BCUT2D eigenvalue weighted by atomic mass is 16.5. The standard InChI is InChI=1S/C11H12N2O3/c1-6-12-10-8(16-3)5-4-7(15-2)9(10)11(14)13-6/h4-5H,1-3H3,(H,12,13,14). The van der Waals surface area contributed by atoms with Crippen LogP contribution in [0.1, 0.15) is 5.82 Å². The Morgan fingerprint density at radius 2 is 1.81 bits per heavy atom. The second-order valence-corrected chi connectivity index (χ2v) is 3.35. The SMILES string of the molecule is COc1ccc(OC)c2c(=O)[nH]c(C)nc12. The van der Waals surface area contributed by atoms with Crippen LogP contribution in [0.4, 0.5) is 0 Å². The van der Waals surface area contributed by atoms with E-state index in [4.69, 9.17) is 9.47 Å². The summed E-state index contributed by atoms with van der Waals surface area (Å²) in [6.07, 6.45) is 0. The Morgan fingerprint density at radius 1 is 1.19 bits per heavy atom. The van der Waals surface area contributed by atoms with E-state index in [9.17, 15) is 4.79 Å². The van der Waals surface area contributed by atoms with Crippen LogP contribution >= 0.6 is 0 Å². The van der Waals surface area contributed by atoms with Gasteiger partial charge in [-0.2, -0.15) is 0 Å². The second-order valence-electron chi connectivity index (χ2n) is 3.35. The van der Waals surface area contributed by atoms with Gasteiger partial charge in [0.2, 0.25) is 0 Å². The minimum Gasteiger partial charge on any atom is -0.496 e. The molecular formula is C11H12N2O3. The van der Waals surface area contributed by atoms with Crippen LogP contribution in [0, 0.1) is 6.92 Å². The maximum Gasteiger partial charge on any atom is 0.262 e. The summed E-state index contributed by atoms with van der Waals surface area (Å²) in [5, 5.41) is 0.410. The van der Waals surface area contributed by atoms with Crippen molar-refractivity contribution < 1.29 is 9.47 Å². The van der Waals surface area contributed by atoms with E-state index in [1.807, 2.05) is 0 Å². The molecule has 0 spiro atoms. The number of nitrogens with zero attached hydrogens (tertiary/aromatic N) is 1. The molecule has 0 aliphatic carbocycles. The van der Waals surface area contributed by atoms with Crippen molar-refractivity contribution in [1.29, 1.82) is 0 Å². The summed E-state index contributed by atoms with van der Waals surface area (Å²) in [6, 6.07) is 3.42. The molecule has 5 heteroatoms. The van der Waals surface area contributed by atoms with Crippen LogP contribution in [0.2, 0.25) is 0 Å². The van der Waals surface area contributed by atoms with Gasteiger partial charge in [-0.3, -0.25) is 4.79 Å². The lowest BCUT2D eigenvalue weighted by Gasteiger charge is -2.08. The molecule has 5 nitrogen and oxygen atoms in total. The molecule has 1 N–H and O–H groups in total. The largest absolute Gasteiger partial charge is 0.496 e. The van der Waals surface area contributed by atoms with Crippen molar-refractivity contribution in [1.82, 2.24) is 9.97 Å². The summed E-state index contributed by atoms with van der Waals surface area (Å²) in [5.41, 5.74) is 0.293. The summed E-state index contributed by atoms with van der Waals surface area (Å²) >= 11 is 0. The zero-order chi connectivity index (χ0) is 11.7. The van der Waals surface area contributed by atoms with Gasteiger partial charge in [0.1, 0.15) is 28.2 Å². The van der Waals surface area contributed by atoms with Gasteiger partial charge >= 0.3 is 0 Å². The second kappa shape index (κ2) is 3.84. The Bertz CT molecular complexity index is 590. The summed E-state index contributed by atoms with van der Waals surface area (Å²) in [5.74, 6) is 1.60. The molecule has 0 amide bonds. The molecule has 0 fully saturated rings. The Morgan fingerprint density at radius 3 is 2.44 bits per heavy atom. The summed E-state index contributed by atoms with van der Waals surface area (Å²) in [4.78, 5) is 18.7. The molecule has 0 unspecified atom stereocenters. The van der Waals surface area contributed by atoms with Gasteiger partial charge in [0.05, 0.1) is 14.2 Å². The highest BCUT2D eigenvalue weighted by Crippen LogP contribution is 2.28. The number of H-pyrrole nitrogens is 1. The predicted molar refractivity (Wildman–Crippen MR) is 60.2 cm³/mol. The first-order valence-corrected chi connectivity index (χ1v) is 4.79. The molecule has 0 radical (unpaired) electrons. The average molecular weight is 220 g/mol. The highest BCUT2D eigenvalue weighted by molar-refractivity contribution is 5.89. The van der Waals surface area contributed by atoms with Crippen LogP contribution in [0.15, 0.2) is 16.9 Å². The molecule has 0 saturated heterocycles. The number of hydrogen-bond donors (Lipinski definition) is 1. The zero-order valence-corrected chi connectivity index (χ0v) is 9.33. The van der Waals surface area contributed by atoms with Crippen LogP contribution in [0.25, 0.3) is 10.9 Å². The van der Waals surface area contributed by atoms with Gasteiger partial charge in [0.25, 0.3) is 5.56 Å². The molecular weight excluding hydrogens is 208 g/mol. The van der Waals surface area contributed by atoms with E-state index in [0.717, 1.165) is 0 Å². The zero-order valence-electron chi connectivity index (χ0n) is 9.33. The third kappa shape index (κ3) is 1.50. The number of benzene rings is 1. The lowest BCUT2D eigenvalue weighted by Crippen LogP contribution is -2.11. The Balaban J connectivity index is 2.96. The minimum atomic E-state index is -0.224. The number of aryl methyl sites for hydroxylation is 1. The first-order valence-electron chi connectivity index (χ1n) is 4.79. The Hall–Kier alpha value is -2.04. The molecule has 2 aromatic rings. The fourth-order valence-corrected chi connectivity index (χ4v) is 1.64. The molecule has 0 saturated carbocycles. The van der Waals surface area contributed by atoms with Gasteiger partial charge in [0, 0.05) is 0 Å². The molecule has 0 bridgehead atoms. The Kier molecular flexibility index (Phi) is 2.52. The highest BCUT2D eigenvalue weighted by Gasteiger charge is 2.12. The molecule has 1 aromatic heterocycles. The smallest absolute Gasteiger partial charge is 0.262 e. The number of fused-ring (bicyclic) bond motifs is 1. The lowest BCUT2D eigenvalue weighted by molar-refractivity contribution is 0.409. The number of nitrogens with one attached hydrogen (secondary N) is 1. The van der Waals surface area contributed by atoms with E-state index in [0.29, 0.717) is 28.2 Å². The monoisotopic (exact) mass is 220 g/mol. The number of hydrogen-bond acceptors (Lipinski definition) is 4. The van der Waals surface area contributed by atoms with E-state index in [1.54, 1.807) is 26.2 Å². The minimum absolute atomic E-state index is 0.224. The van der Waals surface area contributed by atoms with Gasteiger partial charge in [-0.05, 0) is 19.1 Å². The van der Waals surface area contributed by atoms with Crippen molar-refractivity contribution in [2.45, 2.75) is 6.92 Å². The van der Waals surface area contributed by atoms with E-state index in [2.05, 4.69) is 9.97 Å². The Labute approximate surface area is 92.0 Å². The molecule has 0 aliphatic rings. The fourth-order valence-electron chi connectivity index (χ4n) is 1.64. The van der Waals surface area contributed by atoms with Gasteiger partial charge in [-0.1, -0.05) is 0 Å². The van der Waals surface area contributed by atoms with E-state index < -0.39 is 0 Å². The average Bonchev–Trinajstić information content (AvgIpc) is 2.27. The molecule has 16 heavy (non-hydrogen) atoms. The maximum atomic E-state index is 11.8. The quantitative estimate of drug-likeness (QED) is 0.827. The summed E-state index contributed by atoms with van der Waals surface area (Å²) in [7, 11) is 3.06. The number of ether oxygens (including phenoxy) is 2. The third-order valence-corrected chi connectivity index (χ3v) is 2.34. The fraction of sp³-hybridized carbons (Fsp3) is 0.273.